The third-order valence-electron chi connectivity index (χ3n) is 3.15. The number of alkyl halides is 3. The minimum Gasteiger partial charge on any atom is -0.314 e. The first kappa shape index (κ1) is 13.3. The molecule has 0 unspecified atom stereocenters. The number of nitrogens with zero attached hydrogens (tertiary/aromatic N) is 1. The summed E-state index contributed by atoms with van der Waals surface area (Å²) < 4.78 is 50.7. The van der Waals surface area contributed by atoms with E-state index in [4.69, 9.17) is 0 Å². The van der Waals surface area contributed by atoms with Gasteiger partial charge in [-0.3, -0.25) is 4.90 Å². The molecule has 1 aliphatic rings. The number of benzene rings is 1. The Balaban J connectivity index is 2.14. The highest BCUT2D eigenvalue weighted by Gasteiger charge is 2.34. The lowest BCUT2D eigenvalue weighted by molar-refractivity contribution is -0.140. The van der Waals surface area contributed by atoms with Crippen LogP contribution in [0.1, 0.15) is 11.1 Å². The molecule has 1 N–H and O–H groups in total. The maximum Gasteiger partial charge on any atom is 0.419 e. The van der Waals surface area contributed by atoms with Crippen LogP contribution in [0.5, 0.6) is 0 Å². The summed E-state index contributed by atoms with van der Waals surface area (Å²) in [7, 11) is 1.85. The van der Waals surface area contributed by atoms with Crippen LogP contribution in [0.15, 0.2) is 18.2 Å². The van der Waals surface area contributed by atoms with E-state index in [-0.39, 0.29) is 0 Å². The second kappa shape index (κ2) is 4.85. The molecule has 18 heavy (non-hydrogen) atoms. The van der Waals surface area contributed by atoms with Gasteiger partial charge < -0.3 is 5.32 Å². The number of nitrogens with one attached hydrogen (secondary N) is 1. The molecular weight excluding hydrogens is 248 g/mol. The molecule has 1 aliphatic heterocycles. The van der Waals surface area contributed by atoms with E-state index in [0.29, 0.717) is 18.2 Å². The molecule has 1 fully saturated rings. The zero-order valence-corrected chi connectivity index (χ0v) is 9.89. The molecular formula is C12H14F4N2. The smallest absolute Gasteiger partial charge is 0.314 e. The van der Waals surface area contributed by atoms with Crippen LogP contribution >= 0.6 is 0 Å². The molecule has 0 bridgehead atoms. The number of rotatable bonds is 3. The van der Waals surface area contributed by atoms with E-state index in [9.17, 15) is 17.6 Å². The minimum atomic E-state index is -4.64. The summed E-state index contributed by atoms with van der Waals surface area (Å²) in [6.45, 7) is 2.06. The van der Waals surface area contributed by atoms with Gasteiger partial charge in [0.05, 0.1) is 5.56 Å². The van der Waals surface area contributed by atoms with Gasteiger partial charge in [-0.05, 0) is 24.7 Å². The molecule has 1 aromatic rings. The van der Waals surface area contributed by atoms with Crippen molar-refractivity contribution in [3.05, 3.63) is 35.1 Å². The van der Waals surface area contributed by atoms with E-state index in [0.717, 1.165) is 25.2 Å². The van der Waals surface area contributed by atoms with Crippen molar-refractivity contribution in [1.29, 1.82) is 0 Å². The summed E-state index contributed by atoms with van der Waals surface area (Å²) in [6.07, 6.45) is -4.64. The van der Waals surface area contributed by atoms with Crippen molar-refractivity contribution >= 4 is 0 Å². The van der Waals surface area contributed by atoms with Crippen molar-refractivity contribution in [2.45, 2.75) is 18.8 Å². The van der Waals surface area contributed by atoms with Gasteiger partial charge in [-0.2, -0.15) is 13.2 Å². The first-order valence-electron chi connectivity index (χ1n) is 5.64. The predicted molar refractivity (Wildman–Crippen MR) is 59.5 cm³/mol. The Morgan fingerprint density at radius 2 is 2.00 bits per heavy atom. The van der Waals surface area contributed by atoms with Crippen LogP contribution in [0, 0.1) is 5.82 Å². The number of hydrogen-bond acceptors (Lipinski definition) is 2. The summed E-state index contributed by atoms with van der Waals surface area (Å²) in [4.78, 5) is 1.96. The molecule has 0 aromatic heterocycles. The average Bonchev–Trinajstić information content (AvgIpc) is 2.16. The van der Waals surface area contributed by atoms with E-state index >= 15 is 0 Å². The first-order chi connectivity index (χ1) is 8.38. The largest absolute Gasteiger partial charge is 0.419 e. The maximum atomic E-state index is 13.1. The number of halogens is 4. The van der Waals surface area contributed by atoms with Gasteiger partial charge in [0.2, 0.25) is 0 Å². The van der Waals surface area contributed by atoms with Gasteiger partial charge in [-0.1, -0.05) is 6.07 Å². The average molecular weight is 262 g/mol. The summed E-state index contributed by atoms with van der Waals surface area (Å²) >= 11 is 0. The summed E-state index contributed by atoms with van der Waals surface area (Å²) in [5.74, 6) is -1.22. The van der Waals surface area contributed by atoms with E-state index in [1.165, 1.54) is 6.07 Å². The zero-order chi connectivity index (χ0) is 13.3. The highest BCUT2D eigenvalue weighted by molar-refractivity contribution is 5.27. The lowest BCUT2D eigenvalue weighted by Crippen LogP contribution is -2.55. The van der Waals surface area contributed by atoms with Crippen LogP contribution in [0.25, 0.3) is 0 Å². The summed E-state index contributed by atoms with van der Waals surface area (Å²) in [5.41, 5.74) is -0.724. The first-order valence-corrected chi connectivity index (χ1v) is 5.64. The number of hydrogen-bond donors (Lipinski definition) is 1. The lowest BCUT2D eigenvalue weighted by Gasteiger charge is -2.35. The van der Waals surface area contributed by atoms with Gasteiger partial charge in [0.15, 0.2) is 0 Å². The molecule has 0 atom stereocenters. The zero-order valence-electron chi connectivity index (χ0n) is 9.89. The Bertz CT molecular complexity index is 427. The molecule has 1 heterocycles. The molecule has 0 radical (unpaired) electrons. The molecule has 0 spiro atoms. The highest BCUT2D eigenvalue weighted by Crippen LogP contribution is 2.32. The standard InChI is InChI=1S/C12H14F4N2/c1-18(9-5-17-6-9)7-8-2-3-11(13)10(4-8)12(14,15)16/h2-4,9,17H,5-7H2,1H3. The van der Waals surface area contributed by atoms with Gasteiger partial charge in [-0.15, -0.1) is 0 Å². The fourth-order valence-electron chi connectivity index (χ4n) is 1.89. The lowest BCUT2D eigenvalue weighted by atomic mass is 10.1. The van der Waals surface area contributed by atoms with Gasteiger partial charge in [0.25, 0.3) is 0 Å². The molecule has 2 nitrogen and oxygen atoms in total. The van der Waals surface area contributed by atoms with Gasteiger partial charge in [0, 0.05) is 25.7 Å². The SMILES string of the molecule is CN(Cc1ccc(F)c(C(F)(F)F)c1)C1CNC1. The molecule has 0 aliphatic carbocycles. The Morgan fingerprint density at radius 1 is 1.33 bits per heavy atom. The van der Waals surface area contributed by atoms with Crippen LogP contribution in [0.3, 0.4) is 0 Å². The van der Waals surface area contributed by atoms with E-state index < -0.39 is 17.6 Å². The van der Waals surface area contributed by atoms with Crippen molar-refractivity contribution in [1.82, 2.24) is 10.2 Å². The molecule has 0 amide bonds. The second-order valence-electron chi connectivity index (χ2n) is 4.54. The van der Waals surface area contributed by atoms with Gasteiger partial charge >= 0.3 is 6.18 Å². The van der Waals surface area contributed by atoms with Crippen molar-refractivity contribution in [2.24, 2.45) is 0 Å². The minimum absolute atomic E-state index is 0.337. The Kier molecular flexibility index (Phi) is 3.59. The fourth-order valence-corrected chi connectivity index (χ4v) is 1.89. The van der Waals surface area contributed by atoms with Gasteiger partial charge in [0.1, 0.15) is 5.82 Å². The van der Waals surface area contributed by atoms with Crippen LogP contribution < -0.4 is 5.32 Å². The molecule has 2 rings (SSSR count). The highest BCUT2D eigenvalue weighted by atomic mass is 19.4. The van der Waals surface area contributed by atoms with Crippen LogP contribution in [-0.2, 0) is 12.7 Å². The Labute approximate surface area is 103 Å². The summed E-state index contributed by atoms with van der Waals surface area (Å²) in [6, 6.07) is 3.50. The quantitative estimate of drug-likeness (QED) is 0.840. The van der Waals surface area contributed by atoms with Gasteiger partial charge in [-0.25, -0.2) is 4.39 Å². The van der Waals surface area contributed by atoms with E-state index in [1.807, 2.05) is 11.9 Å². The van der Waals surface area contributed by atoms with E-state index in [1.54, 1.807) is 0 Å². The fraction of sp³-hybridized carbons (Fsp3) is 0.500. The van der Waals surface area contributed by atoms with E-state index in [2.05, 4.69) is 5.32 Å². The second-order valence-corrected chi connectivity index (χ2v) is 4.54. The number of likely N-dealkylation sites (N-methyl/N-ethyl adjacent to an activating group) is 1. The third kappa shape index (κ3) is 2.81. The van der Waals surface area contributed by atoms with Crippen LogP contribution in [0.2, 0.25) is 0 Å². The van der Waals surface area contributed by atoms with Crippen molar-refractivity contribution in [3.63, 3.8) is 0 Å². The molecule has 100 valence electrons. The molecule has 0 saturated carbocycles. The molecule has 6 heteroatoms. The van der Waals surface area contributed by atoms with Crippen molar-refractivity contribution < 1.29 is 17.6 Å². The maximum absolute atomic E-state index is 13.1. The van der Waals surface area contributed by atoms with Crippen molar-refractivity contribution in [2.75, 3.05) is 20.1 Å². The molecule has 1 saturated heterocycles. The van der Waals surface area contributed by atoms with Crippen molar-refractivity contribution in [3.8, 4) is 0 Å². The normalized spacial score (nSPS) is 17.0. The topological polar surface area (TPSA) is 15.3 Å². The van der Waals surface area contributed by atoms with Crippen LogP contribution in [0.4, 0.5) is 17.6 Å². The Hall–Kier alpha value is -1.14. The molecule has 1 aromatic carbocycles. The third-order valence-corrected chi connectivity index (χ3v) is 3.15. The predicted octanol–water partition coefficient (Wildman–Crippen LogP) is 2.25. The summed E-state index contributed by atoms with van der Waals surface area (Å²) in [5, 5.41) is 3.09. The monoisotopic (exact) mass is 262 g/mol. The Morgan fingerprint density at radius 3 is 2.50 bits per heavy atom. The van der Waals surface area contributed by atoms with Crippen LogP contribution in [-0.4, -0.2) is 31.1 Å².